The van der Waals surface area contributed by atoms with Crippen molar-refractivity contribution in [3.05, 3.63) is 34.4 Å². The number of rotatable bonds is 7. The summed E-state index contributed by atoms with van der Waals surface area (Å²) in [5.74, 6) is 2.92. The molecule has 0 aromatic carbocycles. The zero-order valence-corrected chi connectivity index (χ0v) is 16.7. The molecule has 27 heavy (non-hydrogen) atoms. The molecule has 1 saturated heterocycles. The van der Waals surface area contributed by atoms with E-state index >= 15 is 0 Å². The second-order valence-electron chi connectivity index (χ2n) is 7.42. The van der Waals surface area contributed by atoms with Crippen molar-refractivity contribution in [2.24, 2.45) is 5.92 Å². The Kier molecular flexibility index (Phi) is 5.54. The number of anilines is 2. The van der Waals surface area contributed by atoms with Gasteiger partial charge in [0.25, 0.3) is 0 Å². The molecule has 0 aliphatic carbocycles. The van der Waals surface area contributed by atoms with E-state index in [1.165, 1.54) is 12.8 Å². The molecule has 4 rings (SSSR count). The van der Waals surface area contributed by atoms with Gasteiger partial charge in [-0.2, -0.15) is 9.61 Å². The van der Waals surface area contributed by atoms with E-state index in [1.54, 1.807) is 11.3 Å². The summed E-state index contributed by atoms with van der Waals surface area (Å²) in [5, 5.41) is 17.1. The van der Waals surface area contributed by atoms with E-state index < -0.39 is 0 Å². The summed E-state index contributed by atoms with van der Waals surface area (Å²) < 4.78 is 1.90. The molecule has 3 N–H and O–H groups in total. The fourth-order valence-corrected chi connectivity index (χ4v) is 4.00. The molecule has 3 aromatic rings. The molecular weight excluding hydrogens is 358 g/mol. The van der Waals surface area contributed by atoms with Crippen molar-refractivity contribution in [1.82, 2.24) is 24.9 Å². The summed E-state index contributed by atoms with van der Waals surface area (Å²) in [6.45, 7) is 8.21. The van der Waals surface area contributed by atoms with Crippen LogP contribution in [0.4, 0.5) is 11.6 Å². The number of aromatic nitrogens is 4. The van der Waals surface area contributed by atoms with Crippen molar-refractivity contribution in [3.8, 4) is 0 Å². The van der Waals surface area contributed by atoms with Gasteiger partial charge in [-0.1, -0.05) is 13.8 Å². The molecule has 1 aliphatic rings. The first-order chi connectivity index (χ1) is 13.2. The maximum Gasteiger partial charge on any atom is 0.163 e. The van der Waals surface area contributed by atoms with Gasteiger partial charge in [0.15, 0.2) is 5.65 Å². The quantitative estimate of drug-likeness (QED) is 0.579. The van der Waals surface area contributed by atoms with Gasteiger partial charge in [0, 0.05) is 23.6 Å². The third-order valence-corrected chi connectivity index (χ3v) is 5.72. The molecule has 0 amide bonds. The topological polar surface area (TPSA) is 79.2 Å². The summed E-state index contributed by atoms with van der Waals surface area (Å²) in [4.78, 5) is 9.22. The molecule has 0 saturated carbocycles. The molecule has 3 aromatic heterocycles. The first-order valence-corrected chi connectivity index (χ1v) is 10.6. The van der Waals surface area contributed by atoms with E-state index in [1.807, 2.05) is 16.2 Å². The zero-order chi connectivity index (χ0) is 18.6. The highest BCUT2D eigenvalue weighted by molar-refractivity contribution is 7.07. The average molecular weight is 386 g/mol. The highest BCUT2D eigenvalue weighted by atomic mass is 32.1. The number of hydrogen-bond donors (Lipinski definition) is 3. The van der Waals surface area contributed by atoms with Crippen molar-refractivity contribution in [3.63, 3.8) is 0 Å². The Morgan fingerprint density at radius 3 is 2.89 bits per heavy atom. The fraction of sp³-hybridized carbons (Fsp3) is 0.526. The van der Waals surface area contributed by atoms with Gasteiger partial charge in [-0.15, -0.1) is 11.3 Å². The molecule has 144 valence electrons. The van der Waals surface area contributed by atoms with Gasteiger partial charge in [0.1, 0.15) is 11.6 Å². The van der Waals surface area contributed by atoms with Crippen LogP contribution in [-0.2, 0) is 6.54 Å². The Morgan fingerprint density at radius 2 is 2.15 bits per heavy atom. The predicted octanol–water partition coefficient (Wildman–Crippen LogP) is 3.33. The molecular formula is C19H27N7S. The molecule has 4 heterocycles. The number of nitrogens with one attached hydrogen (secondary N) is 3. The highest BCUT2D eigenvalue weighted by Crippen LogP contribution is 2.25. The van der Waals surface area contributed by atoms with E-state index in [9.17, 15) is 0 Å². The normalized spacial score (nSPS) is 15.5. The summed E-state index contributed by atoms with van der Waals surface area (Å²) >= 11 is 1.61. The van der Waals surface area contributed by atoms with Crippen LogP contribution in [0.3, 0.4) is 0 Å². The van der Waals surface area contributed by atoms with Crippen LogP contribution in [0, 0.1) is 5.92 Å². The van der Waals surface area contributed by atoms with Gasteiger partial charge < -0.3 is 16.0 Å². The van der Waals surface area contributed by atoms with Gasteiger partial charge in [-0.25, -0.2) is 9.97 Å². The summed E-state index contributed by atoms with van der Waals surface area (Å²) in [5.41, 5.74) is 4.97. The van der Waals surface area contributed by atoms with Crippen LogP contribution < -0.4 is 16.0 Å². The monoisotopic (exact) mass is 385 g/mol. The average Bonchev–Trinajstić information content (AvgIpc) is 3.35. The van der Waals surface area contributed by atoms with Crippen LogP contribution in [0.1, 0.15) is 43.9 Å². The lowest BCUT2D eigenvalue weighted by Gasteiger charge is -2.23. The third kappa shape index (κ3) is 4.22. The molecule has 1 aliphatic heterocycles. The van der Waals surface area contributed by atoms with Crippen LogP contribution in [0.2, 0.25) is 0 Å². The standard InChI is InChI=1S/C19H27N7S/c1-13(2)16-10-24-26-18(22-9-15-11-27-12-23-15)7-17(25-19(16)26)21-8-14-3-5-20-6-4-14/h7,10-14,20,22H,3-6,8-9H2,1-2H3,(H,21,25). The Labute approximate surface area is 163 Å². The Balaban J connectivity index is 1.58. The second kappa shape index (κ2) is 8.22. The largest absolute Gasteiger partial charge is 0.370 e. The van der Waals surface area contributed by atoms with E-state index in [0.29, 0.717) is 18.4 Å². The minimum atomic E-state index is 0.376. The number of hydrogen-bond acceptors (Lipinski definition) is 7. The fourth-order valence-electron chi connectivity index (χ4n) is 3.44. The number of thiazole rings is 1. The smallest absolute Gasteiger partial charge is 0.163 e. The SMILES string of the molecule is CC(C)c1cnn2c(NCc3cscn3)cc(NCC3CCNCC3)nc12. The maximum absolute atomic E-state index is 4.87. The Morgan fingerprint density at radius 1 is 1.30 bits per heavy atom. The van der Waals surface area contributed by atoms with E-state index in [0.717, 1.165) is 48.2 Å². The van der Waals surface area contributed by atoms with E-state index in [2.05, 4.69) is 51.3 Å². The van der Waals surface area contributed by atoms with Crippen molar-refractivity contribution in [1.29, 1.82) is 0 Å². The molecule has 0 spiro atoms. The third-order valence-electron chi connectivity index (χ3n) is 5.09. The molecule has 1 fully saturated rings. The number of nitrogens with zero attached hydrogens (tertiary/aromatic N) is 4. The van der Waals surface area contributed by atoms with Gasteiger partial charge in [0.2, 0.25) is 0 Å². The van der Waals surface area contributed by atoms with Crippen LogP contribution in [-0.4, -0.2) is 39.2 Å². The summed E-state index contributed by atoms with van der Waals surface area (Å²) in [6.07, 6.45) is 4.36. The zero-order valence-electron chi connectivity index (χ0n) is 15.9. The van der Waals surface area contributed by atoms with Crippen molar-refractivity contribution >= 4 is 28.6 Å². The van der Waals surface area contributed by atoms with Gasteiger partial charge >= 0.3 is 0 Å². The van der Waals surface area contributed by atoms with Crippen molar-refractivity contribution < 1.29 is 0 Å². The van der Waals surface area contributed by atoms with Crippen LogP contribution in [0.15, 0.2) is 23.2 Å². The van der Waals surface area contributed by atoms with E-state index in [4.69, 9.17) is 4.98 Å². The highest BCUT2D eigenvalue weighted by Gasteiger charge is 2.16. The minimum absolute atomic E-state index is 0.376. The molecule has 0 unspecified atom stereocenters. The maximum atomic E-state index is 4.87. The first-order valence-electron chi connectivity index (χ1n) is 9.65. The van der Waals surface area contributed by atoms with Crippen molar-refractivity contribution in [2.45, 2.75) is 39.2 Å². The minimum Gasteiger partial charge on any atom is -0.370 e. The molecule has 0 bridgehead atoms. The molecule has 0 atom stereocenters. The predicted molar refractivity (Wildman–Crippen MR) is 111 cm³/mol. The molecule has 8 heteroatoms. The number of piperidine rings is 1. The van der Waals surface area contributed by atoms with Gasteiger partial charge in [-0.3, -0.25) is 0 Å². The van der Waals surface area contributed by atoms with Crippen LogP contribution in [0.25, 0.3) is 5.65 Å². The lowest BCUT2D eigenvalue weighted by molar-refractivity contribution is 0.389. The van der Waals surface area contributed by atoms with Crippen molar-refractivity contribution in [2.75, 3.05) is 30.3 Å². The molecule has 7 nitrogen and oxygen atoms in total. The van der Waals surface area contributed by atoms with E-state index in [-0.39, 0.29) is 0 Å². The van der Waals surface area contributed by atoms with Crippen LogP contribution in [0.5, 0.6) is 0 Å². The Hall–Kier alpha value is -2.19. The lowest BCUT2D eigenvalue weighted by atomic mass is 9.98. The Bertz CT molecular complexity index is 866. The number of fused-ring (bicyclic) bond motifs is 1. The van der Waals surface area contributed by atoms with Crippen LogP contribution >= 0.6 is 11.3 Å². The summed E-state index contributed by atoms with van der Waals surface area (Å²) in [7, 11) is 0. The van der Waals surface area contributed by atoms with Gasteiger partial charge in [0.05, 0.1) is 23.9 Å². The molecule has 0 radical (unpaired) electrons. The summed E-state index contributed by atoms with van der Waals surface area (Å²) in [6, 6.07) is 2.05. The van der Waals surface area contributed by atoms with Gasteiger partial charge in [-0.05, 0) is 37.8 Å². The first kappa shape index (κ1) is 18.2. The second-order valence-corrected chi connectivity index (χ2v) is 8.14. The lowest BCUT2D eigenvalue weighted by Crippen LogP contribution is -2.31.